The van der Waals surface area contributed by atoms with Crippen LogP contribution in [-0.4, -0.2) is 29.5 Å². The SMILES string of the molecule is CCC1CCC(N(C)C(CN)c2ccncc2)CC1. The van der Waals surface area contributed by atoms with Gasteiger partial charge in [0.2, 0.25) is 0 Å². The van der Waals surface area contributed by atoms with Gasteiger partial charge in [-0.25, -0.2) is 0 Å². The summed E-state index contributed by atoms with van der Waals surface area (Å²) < 4.78 is 0. The van der Waals surface area contributed by atoms with Crippen LogP contribution >= 0.6 is 0 Å². The van der Waals surface area contributed by atoms with Crippen LogP contribution in [0.15, 0.2) is 24.5 Å². The van der Waals surface area contributed by atoms with E-state index in [0.29, 0.717) is 18.6 Å². The van der Waals surface area contributed by atoms with Gasteiger partial charge in [-0.2, -0.15) is 0 Å². The molecule has 3 nitrogen and oxygen atoms in total. The third-order valence-corrected chi connectivity index (χ3v) is 4.78. The van der Waals surface area contributed by atoms with E-state index in [1.54, 1.807) is 0 Å². The lowest BCUT2D eigenvalue weighted by Crippen LogP contribution is -2.40. The lowest BCUT2D eigenvalue weighted by atomic mass is 9.83. The molecule has 19 heavy (non-hydrogen) atoms. The first-order valence-corrected chi connectivity index (χ1v) is 7.58. The molecule has 1 fully saturated rings. The van der Waals surface area contributed by atoms with E-state index in [1.807, 2.05) is 12.4 Å². The Morgan fingerprint density at radius 2 is 1.89 bits per heavy atom. The average Bonchev–Trinajstić information content (AvgIpc) is 2.49. The highest BCUT2D eigenvalue weighted by Crippen LogP contribution is 2.32. The number of hydrogen-bond donors (Lipinski definition) is 1. The van der Waals surface area contributed by atoms with Gasteiger partial charge in [0, 0.05) is 31.0 Å². The van der Waals surface area contributed by atoms with E-state index in [2.05, 4.69) is 36.0 Å². The highest BCUT2D eigenvalue weighted by Gasteiger charge is 2.27. The summed E-state index contributed by atoms with van der Waals surface area (Å²) in [5.41, 5.74) is 7.29. The lowest BCUT2D eigenvalue weighted by Gasteiger charge is -2.38. The lowest BCUT2D eigenvalue weighted by molar-refractivity contribution is 0.122. The van der Waals surface area contributed by atoms with E-state index in [1.165, 1.54) is 37.7 Å². The van der Waals surface area contributed by atoms with Crippen molar-refractivity contribution >= 4 is 0 Å². The van der Waals surface area contributed by atoms with Crippen LogP contribution in [0.1, 0.15) is 50.6 Å². The van der Waals surface area contributed by atoms with Gasteiger partial charge < -0.3 is 5.73 Å². The van der Waals surface area contributed by atoms with Crippen LogP contribution in [-0.2, 0) is 0 Å². The molecule has 0 saturated heterocycles. The molecule has 106 valence electrons. The van der Waals surface area contributed by atoms with Crippen LogP contribution in [0.25, 0.3) is 0 Å². The molecule has 1 aliphatic carbocycles. The maximum Gasteiger partial charge on any atom is 0.0471 e. The maximum absolute atomic E-state index is 6.00. The first-order valence-electron chi connectivity index (χ1n) is 7.58. The van der Waals surface area contributed by atoms with Crippen LogP contribution in [0.3, 0.4) is 0 Å². The maximum atomic E-state index is 6.00. The number of pyridine rings is 1. The standard InChI is InChI=1S/C16H27N3/c1-3-13-4-6-15(7-5-13)19(2)16(12-17)14-8-10-18-11-9-14/h8-11,13,15-16H,3-7,12,17H2,1-2H3. The van der Waals surface area contributed by atoms with Gasteiger partial charge in [0.05, 0.1) is 0 Å². The number of nitrogens with zero attached hydrogens (tertiary/aromatic N) is 2. The Morgan fingerprint density at radius 1 is 1.26 bits per heavy atom. The van der Waals surface area contributed by atoms with Gasteiger partial charge in [0.15, 0.2) is 0 Å². The van der Waals surface area contributed by atoms with E-state index in [-0.39, 0.29) is 0 Å². The van der Waals surface area contributed by atoms with E-state index in [0.717, 1.165) is 5.92 Å². The van der Waals surface area contributed by atoms with Crippen molar-refractivity contribution in [1.82, 2.24) is 9.88 Å². The van der Waals surface area contributed by atoms with Crippen LogP contribution in [0.4, 0.5) is 0 Å². The van der Waals surface area contributed by atoms with Gasteiger partial charge in [-0.15, -0.1) is 0 Å². The number of nitrogens with two attached hydrogens (primary N) is 1. The molecule has 1 unspecified atom stereocenters. The Balaban J connectivity index is 1.99. The molecule has 0 aliphatic heterocycles. The third-order valence-electron chi connectivity index (χ3n) is 4.78. The van der Waals surface area contributed by atoms with Crippen LogP contribution in [0, 0.1) is 5.92 Å². The monoisotopic (exact) mass is 261 g/mol. The Bertz CT molecular complexity index is 358. The molecular formula is C16H27N3. The summed E-state index contributed by atoms with van der Waals surface area (Å²) in [5, 5.41) is 0. The van der Waals surface area contributed by atoms with Gasteiger partial charge in [0.1, 0.15) is 0 Å². The Morgan fingerprint density at radius 3 is 2.42 bits per heavy atom. The van der Waals surface area contributed by atoms with Crippen molar-refractivity contribution in [2.45, 2.75) is 51.1 Å². The van der Waals surface area contributed by atoms with Gasteiger partial charge >= 0.3 is 0 Å². The molecular weight excluding hydrogens is 234 g/mol. The van der Waals surface area contributed by atoms with Crippen LogP contribution in [0.5, 0.6) is 0 Å². The quantitative estimate of drug-likeness (QED) is 0.886. The molecule has 0 aromatic carbocycles. The minimum absolute atomic E-state index is 0.325. The van der Waals surface area contributed by atoms with Crippen molar-refractivity contribution in [3.63, 3.8) is 0 Å². The smallest absolute Gasteiger partial charge is 0.0471 e. The molecule has 0 spiro atoms. The second kappa shape index (κ2) is 7.01. The number of hydrogen-bond acceptors (Lipinski definition) is 3. The fraction of sp³-hybridized carbons (Fsp3) is 0.688. The Hall–Kier alpha value is -0.930. The molecule has 0 bridgehead atoms. The van der Waals surface area contributed by atoms with E-state index < -0.39 is 0 Å². The molecule has 1 aromatic rings. The minimum Gasteiger partial charge on any atom is -0.329 e. The van der Waals surface area contributed by atoms with Crippen molar-refractivity contribution in [3.8, 4) is 0 Å². The highest BCUT2D eigenvalue weighted by atomic mass is 15.2. The molecule has 1 atom stereocenters. The highest BCUT2D eigenvalue weighted by molar-refractivity contribution is 5.15. The Kier molecular flexibility index (Phi) is 5.34. The first kappa shape index (κ1) is 14.5. The van der Waals surface area contributed by atoms with E-state index >= 15 is 0 Å². The summed E-state index contributed by atoms with van der Waals surface area (Å²) in [6.45, 7) is 2.99. The van der Waals surface area contributed by atoms with Crippen molar-refractivity contribution in [3.05, 3.63) is 30.1 Å². The molecule has 1 saturated carbocycles. The van der Waals surface area contributed by atoms with Crippen LogP contribution in [0.2, 0.25) is 0 Å². The second-order valence-corrected chi connectivity index (χ2v) is 5.78. The van der Waals surface area contributed by atoms with Gasteiger partial charge in [-0.1, -0.05) is 13.3 Å². The summed E-state index contributed by atoms with van der Waals surface area (Å²) in [5.74, 6) is 0.946. The first-order chi connectivity index (χ1) is 9.26. The van der Waals surface area contributed by atoms with Gasteiger partial charge in [-0.3, -0.25) is 9.88 Å². The third kappa shape index (κ3) is 3.54. The van der Waals surface area contributed by atoms with Crippen LogP contribution < -0.4 is 5.73 Å². The van der Waals surface area contributed by atoms with Crippen molar-refractivity contribution in [1.29, 1.82) is 0 Å². The molecule has 0 radical (unpaired) electrons. The number of likely N-dealkylation sites (N-methyl/N-ethyl adjacent to an activating group) is 1. The average molecular weight is 261 g/mol. The molecule has 2 rings (SSSR count). The zero-order valence-corrected chi connectivity index (χ0v) is 12.3. The number of rotatable bonds is 5. The summed E-state index contributed by atoms with van der Waals surface area (Å²) in [6, 6.07) is 5.19. The normalized spacial score (nSPS) is 25.5. The molecule has 3 heteroatoms. The summed E-state index contributed by atoms with van der Waals surface area (Å²) in [7, 11) is 2.23. The predicted octanol–water partition coefficient (Wildman–Crippen LogP) is 2.98. The van der Waals surface area contributed by atoms with Gasteiger partial charge in [-0.05, 0) is 56.3 Å². The largest absolute Gasteiger partial charge is 0.329 e. The zero-order chi connectivity index (χ0) is 13.7. The van der Waals surface area contributed by atoms with Crippen molar-refractivity contribution in [2.75, 3.05) is 13.6 Å². The topological polar surface area (TPSA) is 42.1 Å². The molecule has 1 heterocycles. The fourth-order valence-corrected chi connectivity index (χ4v) is 3.34. The second-order valence-electron chi connectivity index (χ2n) is 5.78. The predicted molar refractivity (Wildman–Crippen MR) is 79.8 cm³/mol. The minimum atomic E-state index is 0.325. The number of aromatic nitrogens is 1. The summed E-state index contributed by atoms with van der Waals surface area (Å²) in [6.07, 6.45) is 10.4. The molecule has 1 aromatic heterocycles. The van der Waals surface area contributed by atoms with E-state index in [9.17, 15) is 0 Å². The van der Waals surface area contributed by atoms with E-state index in [4.69, 9.17) is 5.73 Å². The van der Waals surface area contributed by atoms with Crippen molar-refractivity contribution in [2.24, 2.45) is 11.7 Å². The molecule has 2 N–H and O–H groups in total. The summed E-state index contributed by atoms with van der Waals surface area (Å²) in [4.78, 5) is 6.58. The molecule has 1 aliphatic rings. The Labute approximate surface area is 117 Å². The zero-order valence-electron chi connectivity index (χ0n) is 12.3. The summed E-state index contributed by atoms with van der Waals surface area (Å²) >= 11 is 0. The van der Waals surface area contributed by atoms with Gasteiger partial charge in [0.25, 0.3) is 0 Å². The molecule has 0 amide bonds. The fourth-order valence-electron chi connectivity index (χ4n) is 3.34. The van der Waals surface area contributed by atoms with Crippen molar-refractivity contribution < 1.29 is 0 Å².